The zero-order valence-electron chi connectivity index (χ0n) is 7.91. The zero-order chi connectivity index (χ0) is 10.6. The van der Waals surface area contributed by atoms with E-state index < -0.39 is 6.04 Å². The van der Waals surface area contributed by atoms with Crippen LogP contribution in [0.1, 0.15) is 13.8 Å². The Hall–Kier alpha value is -0.810. The van der Waals surface area contributed by atoms with Gasteiger partial charge in [0.05, 0.1) is 6.61 Å². The molecule has 0 aliphatic carbocycles. The normalized spacial score (nSPS) is 12.2. The maximum atomic E-state index is 11.2. The largest absolute Gasteiger partial charge is 0.464 e. The lowest BCUT2D eigenvalue weighted by Gasteiger charge is -2.10. The molecule has 0 saturated carbocycles. The summed E-state index contributed by atoms with van der Waals surface area (Å²) in [7, 11) is 0. The van der Waals surface area contributed by atoms with Gasteiger partial charge in [0.25, 0.3) is 0 Å². The molecule has 0 saturated heterocycles. The van der Waals surface area contributed by atoms with E-state index in [1.54, 1.807) is 19.2 Å². The van der Waals surface area contributed by atoms with Gasteiger partial charge in [-0.2, -0.15) is 0 Å². The monoisotopic (exact) mass is 234 g/mol. The first kappa shape index (κ1) is 11.3. The molecule has 0 radical (unpaired) electrons. The van der Waals surface area contributed by atoms with Crippen molar-refractivity contribution in [3.63, 3.8) is 0 Å². The van der Waals surface area contributed by atoms with Crippen LogP contribution in [0.5, 0.6) is 0 Å². The van der Waals surface area contributed by atoms with Gasteiger partial charge in [0.2, 0.25) is 0 Å². The Morgan fingerprint density at radius 2 is 2.57 bits per heavy atom. The van der Waals surface area contributed by atoms with Crippen LogP contribution < -0.4 is 5.32 Å². The molecule has 78 valence electrons. The van der Waals surface area contributed by atoms with Gasteiger partial charge in [0, 0.05) is 5.38 Å². The van der Waals surface area contributed by atoms with Crippen molar-refractivity contribution in [3.05, 3.63) is 10.5 Å². The molecule has 14 heavy (non-hydrogen) atoms. The summed E-state index contributed by atoms with van der Waals surface area (Å²) in [6.07, 6.45) is 0. The van der Waals surface area contributed by atoms with Crippen LogP contribution >= 0.6 is 22.9 Å². The summed E-state index contributed by atoms with van der Waals surface area (Å²) >= 11 is 6.98. The van der Waals surface area contributed by atoms with Crippen molar-refractivity contribution in [1.29, 1.82) is 0 Å². The first-order valence-corrected chi connectivity index (χ1v) is 5.43. The van der Waals surface area contributed by atoms with Crippen LogP contribution in [0.25, 0.3) is 0 Å². The second-order valence-electron chi connectivity index (χ2n) is 2.59. The molecular formula is C8H11ClN2O2S. The minimum atomic E-state index is -0.405. The highest BCUT2D eigenvalue weighted by Gasteiger charge is 2.14. The standard InChI is InChI=1S/C8H11ClN2O2S/c1-3-13-7(12)5(2)10-8-11-6(9)4-14-8/h4-5H,3H2,1-2H3,(H,10,11). The molecule has 1 aromatic heterocycles. The highest BCUT2D eigenvalue weighted by atomic mass is 35.5. The van der Waals surface area contributed by atoms with Crippen LogP contribution in [0.4, 0.5) is 5.13 Å². The number of ether oxygens (including phenoxy) is 1. The number of halogens is 1. The highest BCUT2D eigenvalue weighted by molar-refractivity contribution is 7.14. The Morgan fingerprint density at radius 1 is 1.86 bits per heavy atom. The SMILES string of the molecule is CCOC(=O)C(C)Nc1nc(Cl)cs1. The van der Waals surface area contributed by atoms with Gasteiger partial charge >= 0.3 is 5.97 Å². The second-order valence-corrected chi connectivity index (χ2v) is 3.84. The Morgan fingerprint density at radius 3 is 3.07 bits per heavy atom. The van der Waals surface area contributed by atoms with E-state index in [9.17, 15) is 4.79 Å². The third kappa shape index (κ3) is 3.16. The summed E-state index contributed by atoms with van der Waals surface area (Å²) in [5.41, 5.74) is 0. The molecule has 1 aromatic rings. The minimum Gasteiger partial charge on any atom is -0.464 e. The molecule has 4 nitrogen and oxygen atoms in total. The van der Waals surface area contributed by atoms with Crippen molar-refractivity contribution in [1.82, 2.24) is 4.98 Å². The number of nitrogens with one attached hydrogen (secondary N) is 1. The minimum absolute atomic E-state index is 0.293. The summed E-state index contributed by atoms with van der Waals surface area (Å²) in [5.74, 6) is -0.293. The summed E-state index contributed by atoms with van der Waals surface area (Å²) in [6.45, 7) is 3.86. The van der Waals surface area contributed by atoms with Crippen molar-refractivity contribution >= 4 is 34.0 Å². The van der Waals surface area contributed by atoms with E-state index in [-0.39, 0.29) is 5.97 Å². The number of carbonyl (C=O) groups excluding carboxylic acids is 1. The van der Waals surface area contributed by atoms with Gasteiger partial charge in [0.15, 0.2) is 5.13 Å². The quantitative estimate of drug-likeness (QED) is 0.812. The Kier molecular flexibility index (Phi) is 4.16. The van der Waals surface area contributed by atoms with Gasteiger partial charge < -0.3 is 10.1 Å². The molecule has 1 N–H and O–H groups in total. The number of anilines is 1. The maximum Gasteiger partial charge on any atom is 0.328 e. The fourth-order valence-corrected chi connectivity index (χ4v) is 1.76. The van der Waals surface area contributed by atoms with Crippen LogP contribution in [0.15, 0.2) is 5.38 Å². The first-order valence-electron chi connectivity index (χ1n) is 4.17. The van der Waals surface area contributed by atoms with Gasteiger partial charge in [-0.05, 0) is 13.8 Å². The van der Waals surface area contributed by atoms with E-state index in [1.807, 2.05) is 0 Å². The van der Waals surface area contributed by atoms with Crippen molar-refractivity contribution in [3.8, 4) is 0 Å². The molecular weight excluding hydrogens is 224 g/mol. The molecule has 1 unspecified atom stereocenters. The van der Waals surface area contributed by atoms with Crippen molar-refractivity contribution in [2.24, 2.45) is 0 Å². The molecule has 0 bridgehead atoms. The molecule has 1 atom stereocenters. The van der Waals surface area contributed by atoms with Crippen LogP contribution in [-0.2, 0) is 9.53 Å². The number of nitrogens with zero attached hydrogens (tertiary/aromatic N) is 1. The first-order chi connectivity index (χ1) is 6.63. The third-order valence-electron chi connectivity index (χ3n) is 1.46. The molecule has 0 amide bonds. The van der Waals surface area contributed by atoms with Crippen LogP contribution in [-0.4, -0.2) is 23.6 Å². The van der Waals surface area contributed by atoms with Crippen molar-refractivity contribution < 1.29 is 9.53 Å². The Bertz CT molecular complexity index is 316. The van der Waals surface area contributed by atoms with E-state index in [1.165, 1.54) is 11.3 Å². The lowest BCUT2D eigenvalue weighted by molar-refractivity contribution is -0.143. The number of rotatable bonds is 4. The molecule has 0 fully saturated rings. The van der Waals surface area contributed by atoms with E-state index in [2.05, 4.69) is 10.3 Å². The van der Waals surface area contributed by atoms with Gasteiger partial charge in [0.1, 0.15) is 11.2 Å². The topological polar surface area (TPSA) is 51.2 Å². The summed E-state index contributed by atoms with van der Waals surface area (Å²) in [6, 6.07) is -0.405. The number of hydrogen-bond donors (Lipinski definition) is 1. The average molecular weight is 235 g/mol. The maximum absolute atomic E-state index is 11.2. The van der Waals surface area contributed by atoms with E-state index >= 15 is 0 Å². The smallest absolute Gasteiger partial charge is 0.328 e. The number of thiazole rings is 1. The Labute approximate surface area is 91.2 Å². The third-order valence-corrected chi connectivity index (χ3v) is 2.55. The predicted molar refractivity (Wildman–Crippen MR) is 56.8 cm³/mol. The van der Waals surface area contributed by atoms with Gasteiger partial charge in [-0.1, -0.05) is 11.6 Å². The van der Waals surface area contributed by atoms with Crippen LogP contribution in [0.2, 0.25) is 5.15 Å². The number of aromatic nitrogens is 1. The van der Waals surface area contributed by atoms with E-state index in [4.69, 9.17) is 16.3 Å². The van der Waals surface area contributed by atoms with E-state index in [0.29, 0.717) is 16.9 Å². The number of esters is 1. The lowest BCUT2D eigenvalue weighted by atomic mass is 10.3. The molecule has 0 aromatic carbocycles. The molecule has 0 aliphatic rings. The average Bonchev–Trinajstić information content (AvgIpc) is 2.51. The summed E-state index contributed by atoms with van der Waals surface area (Å²) in [5, 5.41) is 5.64. The van der Waals surface area contributed by atoms with Crippen molar-refractivity contribution in [2.75, 3.05) is 11.9 Å². The summed E-state index contributed by atoms with van der Waals surface area (Å²) < 4.78 is 4.83. The van der Waals surface area contributed by atoms with Crippen LogP contribution in [0.3, 0.4) is 0 Å². The predicted octanol–water partition coefficient (Wildman–Crippen LogP) is 2.16. The summed E-state index contributed by atoms with van der Waals surface area (Å²) in [4.78, 5) is 15.2. The van der Waals surface area contributed by atoms with E-state index in [0.717, 1.165) is 0 Å². The van der Waals surface area contributed by atoms with Crippen LogP contribution in [0, 0.1) is 0 Å². The zero-order valence-corrected chi connectivity index (χ0v) is 9.48. The molecule has 6 heteroatoms. The molecule has 0 spiro atoms. The van der Waals surface area contributed by atoms with Gasteiger partial charge in [-0.3, -0.25) is 0 Å². The number of hydrogen-bond acceptors (Lipinski definition) is 5. The lowest BCUT2D eigenvalue weighted by Crippen LogP contribution is -2.28. The Balaban J connectivity index is 2.48. The molecule has 0 aliphatic heterocycles. The fourth-order valence-electron chi connectivity index (χ4n) is 0.832. The molecule has 1 heterocycles. The number of carbonyl (C=O) groups is 1. The second kappa shape index (κ2) is 5.17. The highest BCUT2D eigenvalue weighted by Crippen LogP contribution is 2.19. The van der Waals surface area contributed by atoms with Gasteiger partial charge in [-0.15, -0.1) is 11.3 Å². The van der Waals surface area contributed by atoms with Gasteiger partial charge in [-0.25, -0.2) is 9.78 Å². The molecule has 1 rings (SSSR count). The fraction of sp³-hybridized carbons (Fsp3) is 0.500. The van der Waals surface area contributed by atoms with Crippen molar-refractivity contribution in [2.45, 2.75) is 19.9 Å².